The molecule has 1 saturated heterocycles. The molecule has 2 rings (SSSR count). The maximum atomic E-state index is 11.6. The largest absolute Gasteiger partial charge is 0.481 e. The Hall–Kier alpha value is -0.610. The van der Waals surface area contributed by atoms with Crippen molar-refractivity contribution < 1.29 is 14.6 Å². The van der Waals surface area contributed by atoms with Crippen LogP contribution in [0, 0.1) is 11.8 Å². The van der Waals surface area contributed by atoms with Gasteiger partial charge in [0.15, 0.2) is 0 Å². The van der Waals surface area contributed by atoms with Gasteiger partial charge in [0.25, 0.3) is 0 Å². The molecule has 1 heterocycles. The molecule has 0 bridgehead atoms. The first-order valence-electron chi connectivity index (χ1n) is 8.74. The number of nitrogens with zero attached hydrogens (tertiary/aromatic N) is 1. The third-order valence-corrected chi connectivity index (χ3v) is 5.28. The molecule has 2 fully saturated rings. The molecule has 1 aliphatic carbocycles. The van der Waals surface area contributed by atoms with E-state index in [0.29, 0.717) is 12.0 Å². The molecule has 0 spiro atoms. The second-order valence-corrected chi connectivity index (χ2v) is 6.70. The van der Waals surface area contributed by atoms with Crippen LogP contribution < -0.4 is 0 Å². The number of hydrogen-bond acceptors (Lipinski definition) is 3. The molecule has 0 aromatic carbocycles. The summed E-state index contributed by atoms with van der Waals surface area (Å²) < 4.78 is 5.76. The van der Waals surface area contributed by atoms with Crippen LogP contribution in [0.15, 0.2) is 0 Å². The zero-order chi connectivity index (χ0) is 15.2. The first kappa shape index (κ1) is 16.8. The van der Waals surface area contributed by atoms with E-state index in [2.05, 4.69) is 18.7 Å². The second kappa shape index (κ2) is 8.14. The van der Waals surface area contributed by atoms with Gasteiger partial charge in [-0.2, -0.15) is 0 Å². The number of carboxylic acid groups (broad SMARTS) is 1. The molecule has 1 aliphatic heterocycles. The van der Waals surface area contributed by atoms with E-state index in [1.807, 2.05) is 0 Å². The lowest BCUT2D eigenvalue weighted by atomic mass is 9.76. The SMILES string of the molecule is CCCC1CCC(C(=O)O)C(N(CC)CC2CCCO2)C1. The fourth-order valence-corrected chi connectivity index (χ4v) is 4.14. The van der Waals surface area contributed by atoms with Crippen LogP contribution in [0.5, 0.6) is 0 Å². The van der Waals surface area contributed by atoms with Crippen LogP contribution in [-0.4, -0.2) is 47.8 Å². The molecule has 0 radical (unpaired) electrons. The zero-order valence-corrected chi connectivity index (χ0v) is 13.6. The third kappa shape index (κ3) is 4.43. The molecule has 0 aromatic heterocycles. The predicted octanol–water partition coefficient (Wildman–Crippen LogP) is 3.16. The first-order valence-corrected chi connectivity index (χ1v) is 8.74. The topological polar surface area (TPSA) is 49.8 Å². The normalized spacial score (nSPS) is 33.5. The minimum absolute atomic E-state index is 0.195. The minimum Gasteiger partial charge on any atom is -0.481 e. The van der Waals surface area contributed by atoms with E-state index in [0.717, 1.165) is 51.8 Å². The summed E-state index contributed by atoms with van der Waals surface area (Å²) in [6.45, 7) is 7.07. The summed E-state index contributed by atoms with van der Waals surface area (Å²) in [6, 6.07) is 0.196. The number of carboxylic acids is 1. The Labute approximate surface area is 128 Å². The Kier molecular flexibility index (Phi) is 6.49. The Morgan fingerprint density at radius 2 is 2.10 bits per heavy atom. The summed E-state index contributed by atoms with van der Waals surface area (Å²) in [5, 5.41) is 9.57. The van der Waals surface area contributed by atoms with Gasteiger partial charge in [-0.15, -0.1) is 0 Å². The Bertz CT molecular complexity index is 328. The van der Waals surface area contributed by atoms with E-state index in [9.17, 15) is 9.90 Å². The monoisotopic (exact) mass is 297 g/mol. The van der Waals surface area contributed by atoms with Gasteiger partial charge >= 0.3 is 5.97 Å². The molecule has 0 aromatic rings. The van der Waals surface area contributed by atoms with Gasteiger partial charge in [-0.3, -0.25) is 9.69 Å². The van der Waals surface area contributed by atoms with Crippen LogP contribution in [0.1, 0.15) is 58.8 Å². The predicted molar refractivity (Wildman–Crippen MR) is 83.4 cm³/mol. The van der Waals surface area contributed by atoms with Crippen molar-refractivity contribution in [1.29, 1.82) is 0 Å². The van der Waals surface area contributed by atoms with E-state index in [1.54, 1.807) is 0 Å². The molecule has 4 heteroatoms. The van der Waals surface area contributed by atoms with Gasteiger partial charge in [-0.05, 0) is 44.6 Å². The molecular formula is C17H31NO3. The van der Waals surface area contributed by atoms with Gasteiger partial charge in [0.1, 0.15) is 0 Å². The highest BCUT2D eigenvalue weighted by molar-refractivity contribution is 5.71. The summed E-state index contributed by atoms with van der Waals surface area (Å²) in [6.07, 6.45) is 7.99. The van der Waals surface area contributed by atoms with Crippen LogP contribution in [0.2, 0.25) is 0 Å². The van der Waals surface area contributed by atoms with E-state index in [1.165, 1.54) is 12.8 Å². The molecule has 4 nitrogen and oxygen atoms in total. The van der Waals surface area contributed by atoms with E-state index < -0.39 is 5.97 Å². The minimum atomic E-state index is -0.610. The van der Waals surface area contributed by atoms with Crippen LogP contribution in [0.3, 0.4) is 0 Å². The number of rotatable bonds is 7. The fourth-order valence-electron chi connectivity index (χ4n) is 4.14. The van der Waals surface area contributed by atoms with E-state index in [-0.39, 0.29) is 12.0 Å². The molecule has 4 atom stereocenters. The number of ether oxygens (including phenoxy) is 1. The maximum Gasteiger partial charge on any atom is 0.308 e. The maximum absolute atomic E-state index is 11.6. The van der Waals surface area contributed by atoms with Crippen molar-refractivity contribution in [2.75, 3.05) is 19.7 Å². The van der Waals surface area contributed by atoms with Crippen molar-refractivity contribution in [3.05, 3.63) is 0 Å². The van der Waals surface area contributed by atoms with Gasteiger partial charge in [0.2, 0.25) is 0 Å². The van der Waals surface area contributed by atoms with Crippen LogP contribution in [0.4, 0.5) is 0 Å². The molecule has 21 heavy (non-hydrogen) atoms. The molecule has 0 amide bonds. The van der Waals surface area contributed by atoms with Crippen LogP contribution in [-0.2, 0) is 9.53 Å². The lowest BCUT2D eigenvalue weighted by Gasteiger charge is -2.41. The van der Waals surface area contributed by atoms with Gasteiger partial charge in [-0.1, -0.05) is 26.7 Å². The third-order valence-electron chi connectivity index (χ3n) is 5.28. The molecule has 2 aliphatic rings. The average molecular weight is 297 g/mol. The molecule has 122 valence electrons. The Balaban J connectivity index is 2.02. The van der Waals surface area contributed by atoms with Gasteiger partial charge in [0, 0.05) is 19.2 Å². The Morgan fingerprint density at radius 1 is 1.29 bits per heavy atom. The van der Waals surface area contributed by atoms with Gasteiger partial charge in [-0.25, -0.2) is 0 Å². The van der Waals surface area contributed by atoms with Crippen molar-refractivity contribution in [3.8, 4) is 0 Å². The van der Waals surface area contributed by atoms with Crippen LogP contribution >= 0.6 is 0 Å². The van der Waals surface area contributed by atoms with Crippen molar-refractivity contribution in [1.82, 2.24) is 4.90 Å². The smallest absolute Gasteiger partial charge is 0.308 e. The summed E-state index contributed by atoms with van der Waals surface area (Å²) >= 11 is 0. The lowest BCUT2D eigenvalue weighted by Crippen LogP contribution is -2.49. The average Bonchev–Trinajstić information content (AvgIpc) is 2.97. The molecular weight excluding hydrogens is 266 g/mol. The summed E-state index contributed by atoms with van der Waals surface area (Å²) in [7, 11) is 0. The molecule has 4 unspecified atom stereocenters. The quantitative estimate of drug-likeness (QED) is 0.784. The standard InChI is InChI=1S/C17H31NO3/c1-3-6-13-8-9-15(17(19)20)16(11-13)18(4-2)12-14-7-5-10-21-14/h13-16H,3-12H2,1-2H3,(H,19,20). The summed E-state index contributed by atoms with van der Waals surface area (Å²) in [5.74, 6) is -0.102. The van der Waals surface area contributed by atoms with Crippen LogP contribution in [0.25, 0.3) is 0 Å². The number of hydrogen-bond donors (Lipinski definition) is 1. The Morgan fingerprint density at radius 3 is 2.67 bits per heavy atom. The van der Waals surface area contributed by atoms with Crippen molar-refractivity contribution >= 4 is 5.97 Å². The summed E-state index contributed by atoms with van der Waals surface area (Å²) in [4.78, 5) is 14.0. The highest BCUT2D eigenvalue weighted by Gasteiger charge is 2.38. The van der Waals surface area contributed by atoms with Gasteiger partial charge in [0.05, 0.1) is 12.0 Å². The highest BCUT2D eigenvalue weighted by atomic mass is 16.5. The van der Waals surface area contributed by atoms with E-state index in [4.69, 9.17) is 4.74 Å². The molecule has 1 saturated carbocycles. The van der Waals surface area contributed by atoms with Crippen molar-refractivity contribution in [2.45, 2.75) is 70.9 Å². The van der Waals surface area contributed by atoms with Crippen molar-refractivity contribution in [3.63, 3.8) is 0 Å². The van der Waals surface area contributed by atoms with Crippen molar-refractivity contribution in [2.24, 2.45) is 11.8 Å². The number of aliphatic carboxylic acids is 1. The lowest BCUT2D eigenvalue weighted by molar-refractivity contribution is -0.146. The second-order valence-electron chi connectivity index (χ2n) is 6.70. The number of carbonyl (C=O) groups is 1. The molecule has 1 N–H and O–H groups in total. The number of likely N-dealkylation sites (N-methyl/N-ethyl adjacent to an activating group) is 1. The fraction of sp³-hybridized carbons (Fsp3) is 0.941. The summed E-state index contributed by atoms with van der Waals surface area (Å²) in [5.41, 5.74) is 0. The van der Waals surface area contributed by atoms with Gasteiger partial charge < -0.3 is 9.84 Å². The zero-order valence-electron chi connectivity index (χ0n) is 13.6. The first-order chi connectivity index (χ1) is 10.2. The van der Waals surface area contributed by atoms with E-state index >= 15 is 0 Å². The highest BCUT2D eigenvalue weighted by Crippen LogP contribution is 2.35.